The smallest absolute Gasteiger partial charge is 0.119 e. The van der Waals surface area contributed by atoms with Crippen molar-refractivity contribution < 1.29 is 4.74 Å². The van der Waals surface area contributed by atoms with Gasteiger partial charge < -0.3 is 4.74 Å². The van der Waals surface area contributed by atoms with E-state index in [-0.39, 0.29) is 0 Å². The Bertz CT molecular complexity index is 587. The summed E-state index contributed by atoms with van der Waals surface area (Å²) in [6.45, 7) is 5.23. The highest BCUT2D eigenvalue weighted by atomic mass is 16.5. The highest BCUT2D eigenvalue weighted by Crippen LogP contribution is 2.59. The van der Waals surface area contributed by atoms with Gasteiger partial charge in [0.2, 0.25) is 0 Å². The van der Waals surface area contributed by atoms with Crippen molar-refractivity contribution in [2.45, 2.75) is 116 Å². The van der Waals surface area contributed by atoms with E-state index in [0.29, 0.717) is 17.4 Å². The van der Waals surface area contributed by atoms with E-state index in [1.54, 1.807) is 5.56 Å². The zero-order valence-corrected chi connectivity index (χ0v) is 19.2. The fourth-order valence-electron chi connectivity index (χ4n) is 5.73. The predicted octanol–water partition coefficient (Wildman–Crippen LogP) is 8.76. The molecular formula is C28H44O. The zero-order valence-electron chi connectivity index (χ0n) is 19.2. The minimum atomic E-state index is 0.461. The molecule has 0 radical (unpaired) electrons. The number of benzene rings is 1. The Morgan fingerprint density at radius 2 is 1.41 bits per heavy atom. The molecule has 0 spiro atoms. The van der Waals surface area contributed by atoms with Gasteiger partial charge in [0.1, 0.15) is 12.4 Å². The molecular weight excluding hydrogens is 352 g/mol. The largest absolute Gasteiger partial charge is 0.490 e. The van der Waals surface area contributed by atoms with Gasteiger partial charge in [-0.15, -0.1) is 0 Å². The third kappa shape index (κ3) is 6.12. The second kappa shape index (κ2) is 11.2. The van der Waals surface area contributed by atoms with Gasteiger partial charge in [-0.3, -0.25) is 0 Å². The first kappa shape index (κ1) is 22.4. The van der Waals surface area contributed by atoms with Crippen LogP contribution in [0.15, 0.2) is 36.4 Å². The van der Waals surface area contributed by atoms with Crippen molar-refractivity contribution in [3.8, 4) is 5.75 Å². The lowest BCUT2D eigenvalue weighted by atomic mass is 9.51. The van der Waals surface area contributed by atoms with Crippen LogP contribution >= 0.6 is 0 Å². The minimum absolute atomic E-state index is 0.461. The number of unbranched alkanes of at least 4 members (excludes halogenated alkanes) is 6. The molecule has 29 heavy (non-hydrogen) atoms. The molecule has 1 aromatic carbocycles. The van der Waals surface area contributed by atoms with Crippen molar-refractivity contribution in [1.82, 2.24) is 0 Å². The first-order valence-electron chi connectivity index (χ1n) is 12.6. The number of ether oxygens (including phenoxy) is 1. The Hall–Kier alpha value is -1.24. The van der Waals surface area contributed by atoms with Gasteiger partial charge in [-0.2, -0.15) is 0 Å². The third-order valence-corrected chi connectivity index (χ3v) is 7.92. The highest BCUT2D eigenvalue weighted by molar-refractivity contribution is 5.34. The second-order valence-electron chi connectivity index (χ2n) is 9.89. The van der Waals surface area contributed by atoms with Crippen molar-refractivity contribution in [2.75, 3.05) is 6.61 Å². The minimum Gasteiger partial charge on any atom is -0.490 e. The van der Waals surface area contributed by atoms with Crippen LogP contribution < -0.4 is 4.74 Å². The van der Waals surface area contributed by atoms with Crippen molar-refractivity contribution >= 4 is 0 Å². The van der Waals surface area contributed by atoms with Crippen molar-refractivity contribution in [1.29, 1.82) is 0 Å². The molecule has 0 aliphatic heterocycles. The van der Waals surface area contributed by atoms with Crippen LogP contribution in [0.3, 0.4) is 0 Å². The van der Waals surface area contributed by atoms with Gasteiger partial charge >= 0.3 is 0 Å². The number of rotatable bonds is 13. The average molecular weight is 397 g/mol. The maximum atomic E-state index is 5.91. The molecule has 1 nitrogen and oxygen atoms in total. The molecule has 0 heterocycles. The summed E-state index contributed by atoms with van der Waals surface area (Å²) in [5.74, 6) is 1.01. The summed E-state index contributed by atoms with van der Waals surface area (Å²) in [6.07, 6.45) is 25.3. The summed E-state index contributed by atoms with van der Waals surface area (Å²) in [5.41, 5.74) is 2.73. The van der Waals surface area contributed by atoms with Crippen LogP contribution in [0.5, 0.6) is 5.75 Å². The van der Waals surface area contributed by atoms with Crippen LogP contribution in [0, 0.1) is 5.41 Å². The molecule has 2 bridgehead atoms. The highest BCUT2D eigenvalue weighted by Gasteiger charge is 2.48. The van der Waals surface area contributed by atoms with Gasteiger partial charge in [0, 0.05) is 0 Å². The molecule has 1 aromatic rings. The summed E-state index contributed by atoms with van der Waals surface area (Å²) in [5, 5.41) is 0. The lowest BCUT2D eigenvalue weighted by Crippen LogP contribution is -2.44. The fourth-order valence-corrected chi connectivity index (χ4v) is 5.73. The van der Waals surface area contributed by atoms with Crippen molar-refractivity contribution in [3.63, 3.8) is 0 Å². The maximum Gasteiger partial charge on any atom is 0.119 e. The monoisotopic (exact) mass is 396 g/mol. The summed E-state index contributed by atoms with van der Waals surface area (Å²) < 4.78 is 5.91. The first-order valence-corrected chi connectivity index (χ1v) is 12.6. The molecule has 1 heteroatoms. The molecule has 0 N–H and O–H groups in total. The normalized spacial score (nSPS) is 26.3. The molecule has 3 aliphatic rings. The van der Waals surface area contributed by atoms with E-state index >= 15 is 0 Å². The molecule has 3 saturated carbocycles. The van der Waals surface area contributed by atoms with E-state index in [4.69, 9.17) is 4.74 Å². The molecule has 0 atom stereocenters. The molecule has 4 rings (SSSR count). The van der Waals surface area contributed by atoms with Crippen LogP contribution in [0.4, 0.5) is 0 Å². The molecule has 3 fully saturated rings. The van der Waals surface area contributed by atoms with E-state index in [0.717, 1.165) is 5.75 Å². The van der Waals surface area contributed by atoms with E-state index in [1.807, 2.05) is 0 Å². The Morgan fingerprint density at radius 3 is 2.07 bits per heavy atom. The van der Waals surface area contributed by atoms with Crippen LogP contribution in [0.2, 0.25) is 0 Å². The van der Waals surface area contributed by atoms with Crippen LogP contribution in [0.25, 0.3) is 0 Å². The average Bonchev–Trinajstić information content (AvgIpc) is 2.78. The standard InChI is InChI=1S/C28H44O/c1-3-5-7-9-11-17-27-18-21-28(22-19-27,23-20-27)25-13-15-26(16-14-25)29-24-12-10-8-6-4-2/h10,12-16H,3-9,11,17-24H2,1-2H3/b12-10+. The van der Waals surface area contributed by atoms with E-state index in [9.17, 15) is 0 Å². The Morgan fingerprint density at radius 1 is 0.759 bits per heavy atom. The fraction of sp³-hybridized carbons (Fsp3) is 0.714. The van der Waals surface area contributed by atoms with Crippen LogP contribution in [-0.2, 0) is 5.41 Å². The maximum absolute atomic E-state index is 5.91. The topological polar surface area (TPSA) is 9.23 Å². The molecule has 0 unspecified atom stereocenters. The molecule has 0 amide bonds. The summed E-state index contributed by atoms with van der Waals surface area (Å²) in [4.78, 5) is 0. The summed E-state index contributed by atoms with van der Waals surface area (Å²) >= 11 is 0. The second-order valence-corrected chi connectivity index (χ2v) is 9.89. The molecule has 0 aromatic heterocycles. The van der Waals surface area contributed by atoms with Crippen molar-refractivity contribution in [2.24, 2.45) is 5.41 Å². The number of fused-ring (bicyclic) bond motifs is 3. The Kier molecular flexibility index (Phi) is 8.69. The molecule has 0 saturated heterocycles. The zero-order chi connectivity index (χ0) is 20.4. The molecule has 162 valence electrons. The summed E-state index contributed by atoms with van der Waals surface area (Å²) in [7, 11) is 0. The van der Waals surface area contributed by atoms with Gasteiger partial charge in [-0.25, -0.2) is 0 Å². The number of hydrogen-bond donors (Lipinski definition) is 0. The van der Waals surface area contributed by atoms with Gasteiger partial charge in [0.05, 0.1) is 0 Å². The van der Waals surface area contributed by atoms with E-state index in [1.165, 1.54) is 96.3 Å². The number of allylic oxidation sites excluding steroid dienone is 1. The van der Waals surface area contributed by atoms with Crippen molar-refractivity contribution in [3.05, 3.63) is 42.0 Å². The first-order chi connectivity index (χ1) is 14.2. The quantitative estimate of drug-likeness (QED) is 0.239. The van der Waals surface area contributed by atoms with Crippen LogP contribution in [0.1, 0.15) is 116 Å². The Balaban J connectivity index is 1.45. The SMILES string of the molecule is CCCC/C=C/COc1ccc(C23CCC(CCCCCCC)(CC2)CC3)cc1. The Labute approximate surface area is 180 Å². The lowest BCUT2D eigenvalue weighted by molar-refractivity contribution is 0.0304. The predicted molar refractivity (Wildman–Crippen MR) is 126 cm³/mol. The van der Waals surface area contributed by atoms with Crippen LogP contribution in [-0.4, -0.2) is 6.61 Å². The van der Waals surface area contributed by atoms with Gasteiger partial charge in [0.25, 0.3) is 0 Å². The van der Waals surface area contributed by atoms with Gasteiger partial charge in [-0.1, -0.05) is 83.1 Å². The third-order valence-electron chi connectivity index (χ3n) is 7.92. The summed E-state index contributed by atoms with van der Waals surface area (Å²) in [6, 6.07) is 9.13. The number of hydrogen-bond acceptors (Lipinski definition) is 1. The van der Waals surface area contributed by atoms with E-state index < -0.39 is 0 Å². The van der Waals surface area contributed by atoms with Gasteiger partial charge in [-0.05, 0) is 79.9 Å². The van der Waals surface area contributed by atoms with E-state index in [2.05, 4.69) is 50.3 Å². The lowest BCUT2D eigenvalue weighted by Gasteiger charge is -2.54. The molecule has 3 aliphatic carbocycles. The van der Waals surface area contributed by atoms with Gasteiger partial charge in [0.15, 0.2) is 0 Å².